The molecule has 2 heterocycles. The molecule has 24 heavy (non-hydrogen) atoms. The van der Waals surface area contributed by atoms with E-state index in [1.54, 1.807) is 12.1 Å². The van der Waals surface area contributed by atoms with Gasteiger partial charge in [0, 0.05) is 12.6 Å². The van der Waals surface area contributed by atoms with Gasteiger partial charge in [-0.3, -0.25) is 4.90 Å². The summed E-state index contributed by atoms with van der Waals surface area (Å²) >= 11 is 0. The van der Waals surface area contributed by atoms with Crippen LogP contribution >= 0.6 is 0 Å². The first kappa shape index (κ1) is 15.8. The monoisotopic (exact) mass is 329 g/mol. The zero-order valence-electron chi connectivity index (χ0n) is 13.9. The van der Waals surface area contributed by atoms with Crippen molar-refractivity contribution in [2.24, 2.45) is 0 Å². The number of H-pyrrole nitrogens is 1. The van der Waals surface area contributed by atoms with Crippen molar-refractivity contribution in [3.05, 3.63) is 42.1 Å². The molecule has 1 N–H and O–H groups in total. The average Bonchev–Trinajstić information content (AvgIpc) is 3.13. The molecule has 0 spiro atoms. The fourth-order valence-electron chi connectivity index (χ4n) is 3.98. The molecule has 1 aliphatic carbocycles. The zero-order chi connectivity index (χ0) is 16.4. The Kier molecular flexibility index (Phi) is 4.63. The number of benzene rings is 1. The standard InChI is InChI=1S/C19H24FN3O/c20-15-8-6-14(7-9-15)17-12-21-19(22-17)18-13-24-11-10-23(18)16-4-2-1-3-5-16/h6-9,12,16,18H,1-5,10-11,13H2,(H,21,22)/t18-/m0/s1. The molecule has 1 saturated heterocycles. The van der Waals surface area contributed by atoms with Crippen LogP contribution in [0, 0.1) is 5.82 Å². The second-order valence-corrected chi connectivity index (χ2v) is 6.81. The quantitative estimate of drug-likeness (QED) is 0.928. The fraction of sp³-hybridized carbons (Fsp3) is 0.526. The summed E-state index contributed by atoms with van der Waals surface area (Å²) in [6.07, 6.45) is 8.42. The number of hydrogen-bond acceptors (Lipinski definition) is 3. The third-order valence-electron chi connectivity index (χ3n) is 5.28. The molecule has 1 aromatic heterocycles. The van der Waals surface area contributed by atoms with Crippen molar-refractivity contribution in [2.75, 3.05) is 19.8 Å². The van der Waals surface area contributed by atoms with Gasteiger partial charge in [0.05, 0.1) is 31.1 Å². The highest BCUT2D eigenvalue weighted by Crippen LogP contribution is 2.32. The number of hydrogen-bond donors (Lipinski definition) is 1. The molecule has 0 bridgehead atoms. The summed E-state index contributed by atoms with van der Waals surface area (Å²) in [7, 11) is 0. The molecule has 4 rings (SSSR count). The van der Waals surface area contributed by atoms with Crippen molar-refractivity contribution < 1.29 is 9.13 Å². The molecule has 2 aromatic rings. The van der Waals surface area contributed by atoms with Crippen molar-refractivity contribution in [1.82, 2.24) is 14.9 Å². The van der Waals surface area contributed by atoms with E-state index in [2.05, 4.69) is 14.9 Å². The molecule has 1 saturated carbocycles. The van der Waals surface area contributed by atoms with Gasteiger partial charge in [-0.1, -0.05) is 19.3 Å². The number of nitrogens with zero attached hydrogens (tertiary/aromatic N) is 2. The third kappa shape index (κ3) is 3.23. The van der Waals surface area contributed by atoms with Crippen molar-refractivity contribution >= 4 is 0 Å². The summed E-state index contributed by atoms with van der Waals surface area (Å²) in [4.78, 5) is 10.6. The topological polar surface area (TPSA) is 41.1 Å². The Morgan fingerprint density at radius 3 is 2.71 bits per heavy atom. The van der Waals surface area contributed by atoms with Gasteiger partial charge in [-0.15, -0.1) is 0 Å². The van der Waals surface area contributed by atoms with Gasteiger partial charge in [0.25, 0.3) is 0 Å². The lowest BCUT2D eigenvalue weighted by atomic mass is 9.93. The van der Waals surface area contributed by atoms with Crippen LogP contribution in [-0.2, 0) is 4.74 Å². The number of nitrogens with one attached hydrogen (secondary N) is 1. The summed E-state index contributed by atoms with van der Waals surface area (Å²) in [5.74, 6) is 0.738. The van der Waals surface area contributed by atoms with Crippen LogP contribution in [0.4, 0.5) is 4.39 Å². The van der Waals surface area contributed by atoms with Crippen LogP contribution in [0.5, 0.6) is 0 Å². The summed E-state index contributed by atoms with van der Waals surface area (Å²) in [5.41, 5.74) is 1.88. The van der Waals surface area contributed by atoms with E-state index in [1.165, 1.54) is 44.2 Å². The van der Waals surface area contributed by atoms with E-state index in [4.69, 9.17) is 4.74 Å². The minimum atomic E-state index is -0.220. The molecule has 0 radical (unpaired) electrons. The van der Waals surface area contributed by atoms with Gasteiger partial charge < -0.3 is 9.72 Å². The van der Waals surface area contributed by atoms with Crippen LogP contribution < -0.4 is 0 Å². The van der Waals surface area contributed by atoms with Gasteiger partial charge in [0.2, 0.25) is 0 Å². The molecule has 0 amide bonds. The average molecular weight is 329 g/mol. The van der Waals surface area contributed by atoms with Crippen LogP contribution in [0.2, 0.25) is 0 Å². The molecular formula is C19H24FN3O. The van der Waals surface area contributed by atoms with Gasteiger partial charge in [-0.2, -0.15) is 0 Å². The van der Waals surface area contributed by atoms with Gasteiger partial charge in [0.1, 0.15) is 11.6 Å². The SMILES string of the molecule is Fc1ccc(-c2cnc([C@@H]3COCCN3C3CCCCC3)[nH]2)cc1. The van der Waals surface area contributed by atoms with E-state index in [0.717, 1.165) is 30.2 Å². The molecule has 4 nitrogen and oxygen atoms in total. The molecule has 2 aliphatic rings. The number of rotatable bonds is 3. The number of ether oxygens (including phenoxy) is 1. The van der Waals surface area contributed by atoms with Crippen molar-refractivity contribution in [1.29, 1.82) is 0 Å². The predicted octanol–water partition coefficient (Wildman–Crippen LogP) is 3.92. The van der Waals surface area contributed by atoms with E-state index in [9.17, 15) is 4.39 Å². The predicted molar refractivity (Wildman–Crippen MR) is 91.1 cm³/mol. The maximum atomic E-state index is 13.1. The fourth-order valence-corrected chi connectivity index (χ4v) is 3.98. The number of imidazole rings is 1. The van der Waals surface area contributed by atoms with Crippen molar-refractivity contribution in [2.45, 2.75) is 44.2 Å². The van der Waals surface area contributed by atoms with E-state index in [1.807, 2.05) is 6.20 Å². The Morgan fingerprint density at radius 1 is 1.12 bits per heavy atom. The smallest absolute Gasteiger partial charge is 0.126 e. The lowest BCUT2D eigenvalue weighted by Crippen LogP contribution is -2.46. The normalized spacial score (nSPS) is 23.5. The van der Waals surface area contributed by atoms with Crippen LogP contribution in [0.3, 0.4) is 0 Å². The summed E-state index contributed by atoms with van der Waals surface area (Å²) in [6, 6.07) is 7.36. The number of halogens is 1. The Balaban J connectivity index is 1.56. The minimum Gasteiger partial charge on any atom is -0.378 e. The third-order valence-corrected chi connectivity index (χ3v) is 5.28. The maximum absolute atomic E-state index is 13.1. The molecule has 1 atom stereocenters. The molecule has 2 fully saturated rings. The highest BCUT2D eigenvalue weighted by Gasteiger charge is 2.32. The minimum absolute atomic E-state index is 0.191. The van der Waals surface area contributed by atoms with Crippen molar-refractivity contribution in [3.8, 4) is 11.3 Å². The van der Waals surface area contributed by atoms with E-state index >= 15 is 0 Å². The van der Waals surface area contributed by atoms with Gasteiger partial charge in [-0.25, -0.2) is 9.37 Å². The Labute approximate surface area is 142 Å². The summed E-state index contributed by atoms with van der Waals surface area (Å²) in [6.45, 7) is 2.47. The highest BCUT2D eigenvalue weighted by molar-refractivity contribution is 5.58. The first-order valence-corrected chi connectivity index (χ1v) is 8.95. The number of morpholine rings is 1. The second kappa shape index (κ2) is 7.03. The van der Waals surface area contributed by atoms with Crippen LogP contribution in [-0.4, -0.2) is 40.7 Å². The van der Waals surface area contributed by atoms with Crippen molar-refractivity contribution in [3.63, 3.8) is 0 Å². The maximum Gasteiger partial charge on any atom is 0.126 e. The largest absolute Gasteiger partial charge is 0.378 e. The van der Waals surface area contributed by atoms with Gasteiger partial charge in [0.15, 0.2) is 0 Å². The molecule has 1 aromatic carbocycles. The molecular weight excluding hydrogens is 305 g/mol. The van der Waals surface area contributed by atoms with E-state index in [0.29, 0.717) is 12.6 Å². The molecule has 1 aliphatic heterocycles. The van der Waals surface area contributed by atoms with Crippen LogP contribution in [0.15, 0.2) is 30.5 Å². The Hall–Kier alpha value is -1.72. The first-order valence-electron chi connectivity index (χ1n) is 8.95. The number of aromatic amines is 1. The van der Waals surface area contributed by atoms with Crippen LogP contribution in [0.1, 0.15) is 44.0 Å². The molecule has 0 unspecified atom stereocenters. The highest BCUT2D eigenvalue weighted by atomic mass is 19.1. The zero-order valence-corrected chi connectivity index (χ0v) is 13.9. The Morgan fingerprint density at radius 2 is 1.92 bits per heavy atom. The summed E-state index contributed by atoms with van der Waals surface area (Å²) < 4.78 is 18.8. The second-order valence-electron chi connectivity index (χ2n) is 6.81. The number of aromatic nitrogens is 2. The molecule has 5 heteroatoms. The van der Waals surface area contributed by atoms with E-state index in [-0.39, 0.29) is 11.9 Å². The Bertz CT molecular complexity index is 664. The molecule has 128 valence electrons. The lowest BCUT2D eigenvalue weighted by molar-refractivity contribution is -0.0400. The summed E-state index contributed by atoms with van der Waals surface area (Å²) in [5, 5.41) is 0. The van der Waals surface area contributed by atoms with Gasteiger partial charge >= 0.3 is 0 Å². The van der Waals surface area contributed by atoms with Crippen LogP contribution in [0.25, 0.3) is 11.3 Å². The van der Waals surface area contributed by atoms with E-state index < -0.39 is 0 Å². The first-order chi connectivity index (χ1) is 11.8. The lowest BCUT2D eigenvalue weighted by Gasteiger charge is -2.41. The van der Waals surface area contributed by atoms with Gasteiger partial charge in [-0.05, 0) is 42.7 Å².